The monoisotopic (exact) mass is 213 g/mol. The molecule has 0 spiro atoms. The number of nitrogens with two attached hydrogens (primary N) is 1. The first-order chi connectivity index (χ1) is 6.88. The maximum Gasteiger partial charge on any atom is 0.0955 e. The van der Waals surface area contributed by atoms with Crippen molar-refractivity contribution in [1.82, 2.24) is 0 Å². The van der Waals surface area contributed by atoms with Crippen LogP contribution in [0.2, 0.25) is 0 Å². The van der Waals surface area contributed by atoms with Gasteiger partial charge in [0.1, 0.15) is 0 Å². The largest absolute Gasteiger partial charge is 0.372 e. The predicted octanol–water partition coefficient (Wildman–Crippen LogP) is 2.95. The second kappa shape index (κ2) is 6.98. The fourth-order valence-corrected chi connectivity index (χ4v) is 2.04. The van der Waals surface area contributed by atoms with Gasteiger partial charge >= 0.3 is 0 Å². The molecule has 2 N–H and O–H groups in total. The summed E-state index contributed by atoms with van der Waals surface area (Å²) >= 11 is 1.69. The highest BCUT2D eigenvalue weighted by molar-refractivity contribution is 7.07. The molecule has 0 aromatic carbocycles. The fraction of sp³-hybridized carbons (Fsp3) is 0.636. The van der Waals surface area contributed by atoms with Crippen molar-refractivity contribution in [3.05, 3.63) is 22.4 Å². The number of rotatable bonds is 7. The van der Waals surface area contributed by atoms with E-state index < -0.39 is 0 Å². The van der Waals surface area contributed by atoms with Crippen LogP contribution < -0.4 is 5.73 Å². The van der Waals surface area contributed by atoms with Crippen molar-refractivity contribution in [2.75, 3.05) is 13.2 Å². The van der Waals surface area contributed by atoms with Crippen LogP contribution in [-0.4, -0.2) is 13.2 Å². The molecule has 0 aliphatic carbocycles. The summed E-state index contributed by atoms with van der Waals surface area (Å²) in [5, 5.41) is 4.17. The maximum atomic E-state index is 5.72. The van der Waals surface area contributed by atoms with Gasteiger partial charge in [0.25, 0.3) is 0 Å². The second-order valence-corrected chi connectivity index (χ2v) is 4.14. The van der Waals surface area contributed by atoms with Gasteiger partial charge in [-0.1, -0.05) is 19.8 Å². The molecule has 0 saturated carbocycles. The summed E-state index contributed by atoms with van der Waals surface area (Å²) < 4.78 is 5.72. The minimum atomic E-state index is 0.0955. The van der Waals surface area contributed by atoms with Crippen LogP contribution in [0.1, 0.15) is 37.9 Å². The Kier molecular flexibility index (Phi) is 5.83. The minimum absolute atomic E-state index is 0.0955. The summed E-state index contributed by atoms with van der Waals surface area (Å²) in [5.74, 6) is 0. The van der Waals surface area contributed by atoms with Crippen molar-refractivity contribution in [2.45, 2.75) is 32.3 Å². The molecule has 0 aliphatic heterocycles. The molecule has 14 heavy (non-hydrogen) atoms. The van der Waals surface area contributed by atoms with E-state index in [9.17, 15) is 0 Å². The van der Waals surface area contributed by atoms with Crippen LogP contribution >= 0.6 is 11.3 Å². The SMILES string of the molecule is CCCCCOC(CN)c1ccsc1. The zero-order valence-corrected chi connectivity index (χ0v) is 9.56. The predicted molar refractivity (Wildman–Crippen MR) is 61.6 cm³/mol. The molecule has 0 saturated heterocycles. The van der Waals surface area contributed by atoms with Gasteiger partial charge in [0.15, 0.2) is 0 Å². The first-order valence-corrected chi connectivity index (χ1v) is 6.16. The van der Waals surface area contributed by atoms with Crippen molar-refractivity contribution in [3.63, 3.8) is 0 Å². The summed E-state index contributed by atoms with van der Waals surface area (Å²) in [7, 11) is 0. The summed E-state index contributed by atoms with van der Waals surface area (Å²) in [6.07, 6.45) is 3.70. The lowest BCUT2D eigenvalue weighted by molar-refractivity contribution is 0.0563. The van der Waals surface area contributed by atoms with E-state index >= 15 is 0 Å². The van der Waals surface area contributed by atoms with Crippen LogP contribution in [-0.2, 0) is 4.74 Å². The Morgan fingerprint density at radius 1 is 1.50 bits per heavy atom. The molecular formula is C11H19NOS. The molecule has 3 heteroatoms. The Hall–Kier alpha value is -0.380. The Morgan fingerprint density at radius 3 is 2.93 bits per heavy atom. The van der Waals surface area contributed by atoms with E-state index in [-0.39, 0.29) is 6.10 Å². The van der Waals surface area contributed by atoms with Gasteiger partial charge in [-0.25, -0.2) is 0 Å². The molecule has 1 unspecified atom stereocenters. The van der Waals surface area contributed by atoms with Crippen LogP contribution in [0.5, 0.6) is 0 Å². The summed E-state index contributed by atoms with van der Waals surface area (Å²) in [5.41, 5.74) is 6.88. The molecule has 1 atom stereocenters. The lowest BCUT2D eigenvalue weighted by Gasteiger charge is -2.14. The highest BCUT2D eigenvalue weighted by Crippen LogP contribution is 2.19. The zero-order chi connectivity index (χ0) is 10.2. The summed E-state index contributed by atoms with van der Waals surface area (Å²) in [4.78, 5) is 0. The van der Waals surface area contributed by atoms with Crippen LogP contribution in [0, 0.1) is 0 Å². The van der Waals surface area contributed by atoms with Gasteiger partial charge in [-0.2, -0.15) is 11.3 Å². The molecule has 80 valence electrons. The molecular weight excluding hydrogens is 194 g/mol. The van der Waals surface area contributed by atoms with Crippen LogP contribution in [0.3, 0.4) is 0 Å². The van der Waals surface area contributed by atoms with E-state index in [0.717, 1.165) is 13.0 Å². The van der Waals surface area contributed by atoms with Crippen LogP contribution in [0.15, 0.2) is 16.8 Å². The van der Waals surface area contributed by atoms with Gasteiger partial charge in [0, 0.05) is 13.2 Å². The van der Waals surface area contributed by atoms with E-state index in [1.165, 1.54) is 18.4 Å². The van der Waals surface area contributed by atoms with E-state index in [1.807, 2.05) is 0 Å². The first-order valence-electron chi connectivity index (χ1n) is 5.22. The molecule has 1 heterocycles. The highest BCUT2D eigenvalue weighted by Gasteiger charge is 2.09. The number of unbranched alkanes of at least 4 members (excludes halogenated alkanes) is 2. The van der Waals surface area contributed by atoms with Gasteiger partial charge in [0.2, 0.25) is 0 Å². The zero-order valence-electron chi connectivity index (χ0n) is 8.74. The number of ether oxygens (including phenoxy) is 1. The highest BCUT2D eigenvalue weighted by atomic mass is 32.1. The first kappa shape index (κ1) is 11.7. The van der Waals surface area contributed by atoms with Crippen molar-refractivity contribution in [2.24, 2.45) is 5.73 Å². The van der Waals surface area contributed by atoms with E-state index in [0.29, 0.717) is 6.54 Å². The molecule has 0 aliphatic rings. The second-order valence-electron chi connectivity index (χ2n) is 3.36. The quantitative estimate of drug-likeness (QED) is 0.707. The molecule has 0 bridgehead atoms. The molecule has 1 aromatic rings. The Bertz CT molecular complexity index is 223. The normalized spacial score (nSPS) is 13.0. The van der Waals surface area contributed by atoms with Gasteiger partial charge in [-0.15, -0.1) is 0 Å². The lowest BCUT2D eigenvalue weighted by atomic mass is 10.2. The molecule has 0 radical (unpaired) electrons. The van der Waals surface area contributed by atoms with E-state index in [1.54, 1.807) is 11.3 Å². The third-order valence-electron chi connectivity index (χ3n) is 2.20. The van der Waals surface area contributed by atoms with Crippen LogP contribution in [0.4, 0.5) is 0 Å². The van der Waals surface area contributed by atoms with E-state index in [4.69, 9.17) is 10.5 Å². The molecule has 1 aromatic heterocycles. The maximum absolute atomic E-state index is 5.72. The molecule has 1 rings (SSSR count). The Morgan fingerprint density at radius 2 is 2.36 bits per heavy atom. The smallest absolute Gasteiger partial charge is 0.0955 e. The van der Waals surface area contributed by atoms with Crippen molar-refractivity contribution in [3.8, 4) is 0 Å². The van der Waals surface area contributed by atoms with Gasteiger partial charge in [-0.05, 0) is 28.8 Å². The standard InChI is InChI=1S/C11H19NOS/c1-2-3-4-6-13-11(8-12)10-5-7-14-9-10/h5,7,9,11H,2-4,6,8,12H2,1H3. The molecule has 0 amide bonds. The van der Waals surface area contributed by atoms with E-state index in [2.05, 4.69) is 23.8 Å². The number of hydrogen-bond acceptors (Lipinski definition) is 3. The number of thiophene rings is 1. The van der Waals surface area contributed by atoms with Gasteiger partial charge < -0.3 is 10.5 Å². The minimum Gasteiger partial charge on any atom is -0.372 e. The molecule has 2 nitrogen and oxygen atoms in total. The average Bonchev–Trinajstić information content (AvgIpc) is 2.71. The van der Waals surface area contributed by atoms with Crippen LogP contribution in [0.25, 0.3) is 0 Å². The lowest BCUT2D eigenvalue weighted by Crippen LogP contribution is -2.15. The van der Waals surface area contributed by atoms with Crippen molar-refractivity contribution < 1.29 is 4.74 Å². The Labute approximate surface area is 90.1 Å². The van der Waals surface area contributed by atoms with Crippen molar-refractivity contribution in [1.29, 1.82) is 0 Å². The summed E-state index contributed by atoms with van der Waals surface area (Å²) in [6.45, 7) is 3.59. The Balaban J connectivity index is 2.26. The molecule has 0 fully saturated rings. The topological polar surface area (TPSA) is 35.2 Å². The van der Waals surface area contributed by atoms with Crippen molar-refractivity contribution >= 4 is 11.3 Å². The summed E-state index contributed by atoms with van der Waals surface area (Å²) in [6, 6.07) is 2.09. The third-order valence-corrected chi connectivity index (χ3v) is 2.90. The average molecular weight is 213 g/mol. The van der Waals surface area contributed by atoms with Gasteiger partial charge in [-0.3, -0.25) is 0 Å². The van der Waals surface area contributed by atoms with Gasteiger partial charge in [0.05, 0.1) is 6.10 Å². The number of hydrogen-bond donors (Lipinski definition) is 1. The third kappa shape index (κ3) is 3.78. The fourth-order valence-electron chi connectivity index (χ4n) is 1.34.